The van der Waals surface area contributed by atoms with Gasteiger partial charge in [0.05, 0.1) is 0 Å². The highest BCUT2D eigenvalue weighted by Crippen LogP contribution is 2.28. The summed E-state index contributed by atoms with van der Waals surface area (Å²) in [6.07, 6.45) is 1.03. The van der Waals surface area contributed by atoms with Crippen LogP contribution in [0.3, 0.4) is 0 Å². The molecule has 0 saturated carbocycles. The molecule has 0 fully saturated rings. The zero-order valence-corrected chi connectivity index (χ0v) is 13.4. The lowest BCUT2D eigenvalue weighted by atomic mass is 10.0. The van der Waals surface area contributed by atoms with E-state index in [-0.39, 0.29) is 0 Å². The van der Waals surface area contributed by atoms with Gasteiger partial charge in [-0.25, -0.2) is 0 Å². The molecule has 0 amide bonds. The van der Waals surface area contributed by atoms with E-state index in [9.17, 15) is 0 Å². The van der Waals surface area contributed by atoms with Crippen molar-refractivity contribution in [2.75, 3.05) is 7.05 Å². The molecule has 1 heterocycles. The summed E-state index contributed by atoms with van der Waals surface area (Å²) in [5.41, 5.74) is 2.76. The number of halogens is 1. The van der Waals surface area contributed by atoms with Gasteiger partial charge in [-0.05, 0) is 56.6 Å². The Bertz CT molecular complexity index is 496. The van der Waals surface area contributed by atoms with Crippen LogP contribution in [0.2, 0.25) is 0 Å². The number of likely N-dealkylation sites (N-methyl/N-ethyl adjacent to an activating group) is 1. The van der Waals surface area contributed by atoms with Gasteiger partial charge in [-0.2, -0.15) is 0 Å². The third-order valence-corrected chi connectivity index (χ3v) is 5.02. The molecule has 1 unspecified atom stereocenters. The van der Waals surface area contributed by atoms with E-state index in [2.05, 4.69) is 65.4 Å². The van der Waals surface area contributed by atoms with Crippen molar-refractivity contribution in [3.05, 3.63) is 55.7 Å². The maximum atomic E-state index is 3.47. The number of benzene rings is 1. The van der Waals surface area contributed by atoms with Crippen molar-refractivity contribution in [3.8, 4) is 0 Å². The zero-order valence-electron chi connectivity index (χ0n) is 11.0. The van der Waals surface area contributed by atoms with E-state index in [0.29, 0.717) is 6.04 Å². The van der Waals surface area contributed by atoms with Crippen molar-refractivity contribution in [3.63, 3.8) is 0 Å². The molecular formula is C15H18BrNS. The van der Waals surface area contributed by atoms with Gasteiger partial charge < -0.3 is 5.32 Å². The molecular weight excluding hydrogens is 306 g/mol. The van der Waals surface area contributed by atoms with E-state index in [1.165, 1.54) is 20.9 Å². The maximum Gasteiger partial charge on any atom is 0.0453 e. The Balaban J connectivity index is 2.16. The van der Waals surface area contributed by atoms with Crippen LogP contribution >= 0.6 is 27.3 Å². The highest BCUT2D eigenvalue weighted by molar-refractivity contribution is 9.10. The molecule has 1 nitrogen and oxygen atoms in total. The minimum absolute atomic E-state index is 0.406. The smallest absolute Gasteiger partial charge is 0.0453 e. The lowest BCUT2D eigenvalue weighted by molar-refractivity contribution is 0.602. The summed E-state index contributed by atoms with van der Waals surface area (Å²) in [5, 5.41) is 3.42. The average Bonchev–Trinajstić information content (AvgIpc) is 2.69. The van der Waals surface area contributed by atoms with Gasteiger partial charge in [0, 0.05) is 20.3 Å². The second kappa shape index (κ2) is 6.00. The molecule has 0 spiro atoms. The largest absolute Gasteiger partial charge is 0.312 e. The first-order valence-electron chi connectivity index (χ1n) is 6.09. The minimum Gasteiger partial charge on any atom is -0.312 e. The van der Waals surface area contributed by atoms with Gasteiger partial charge in [0.1, 0.15) is 0 Å². The zero-order chi connectivity index (χ0) is 13.1. The molecule has 2 rings (SSSR count). The van der Waals surface area contributed by atoms with Crippen LogP contribution in [0.4, 0.5) is 0 Å². The van der Waals surface area contributed by atoms with Crippen LogP contribution in [0.1, 0.15) is 26.9 Å². The number of thiophene rings is 1. The van der Waals surface area contributed by atoms with Gasteiger partial charge in [-0.3, -0.25) is 0 Å². The normalized spacial score (nSPS) is 12.7. The van der Waals surface area contributed by atoms with Crippen LogP contribution in [0.25, 0.3) is 0 Å². The summed E-state index contributed by atoms with van der Waals surface area (Å²) in [6, 6.07) is 11.3. The summed E-state index contributed by atoms with van der Waals surface area (Å²) in [4.78, 5) is 2.84. The molecule has 0 bridgehead atoms. The molecule has 1 atom stereocenters. The second-order valence-electron chi connectivity index (χ2n) is 4.56. The molecule has 0 aliphatic rings. The molecule has 0 radical (unpaired) electrons. The van der Waals surface area contributed by atoms with E-state index in [1.807, 2.05) is 18.4 Å². The number of rotatable bonds is 4. The number of nitrogens with one attached hydrogen (secondary N) is 1. The maximum absolute atomic E-state index is 3.47. The fourth-order valence-electron chi connectivity index (χ4n) is 1.97. The molecule has 1 aromatic carbocycles. The molecule has 0 aliphatic heterocycles. The van der Waals surface area contributed by atoms with Crippen LogP contribution in [-0.4, -0.2) is 7.05 Å². The lowest BCUT2D eigenvalue weighted by Crippen LogP contribution is -2.17. The van der Waals surface area contributed by atoms with Gasteiger partial charge in [0.2, 0.25) is 0 Å². The van der Waals surface area contributed by atoms with Crippen LogP contribution in [-0.2, 0) is 6.42 Å². The fourth-order valence-corrected chi connectivity index (χ4v) is 3.39. The average molecular weight is 324 g/mol. The van der Waals surface area contributed by atoms with Gasteiger partial charge in [-0.15, -0.1) is 11.3 Å². The molecule has 1 aromatic heterocycles. The van der Waals surface area contributed by atoms with Crippen molar-refractivity contribution in [2.45, 2.75) is 26.3 Å². The molecule has 1 N–H and O–H groups in total. The number of hydrogen-bond acceptors (Lipinski definition) is 2. The topological polar surface area (TPSA) is 12.0 Å². The first-order valence-corrected chi connectivity index (χ1v) is 7.69. The minimum atomic E-state index is 0.406. The third kappa shape index (κ3) is 3.22. The van der Waals surface area contributed by atoms with E-state index >= 15 is 0 Å². The monoisotopic (exact) mass is 323 g/mol. The molecule has 96 valence electrons. The van der Waals surface area contributed by atoms with Crippen molar-refractivity contribution in [2.24, 2.45) is 0 Å². The van der Waals surface area contributed by atoms with Crippen molar-refractivity contribution in [1.82, 2.24) is 5.32 Å². The number of hydrogen-bond donors (Lipinski definition) is 1. The van der Waals surface area contributed by atoms with Crippen LogP contribution < -0.4 is 5.32 Å². The van der Waals surface area contributed by atoms with E-state index in [1.54, 1.807) is 0 Å². The third-order valence-electron chi connectivity index (χ3n) is 3.23. The Morgan fingerprint density at radius 3 is 2.39 bits per heavy atom. The van der Waals surface area contributed by atoms with Gasteiger partial charge in [0.25, 0.3) is 0 Å². The Hall–Kier alpha value is -0.640. The molecule has 3 heteroatoms. The van der Waals surface area contributed by atoms with Crippen molar-refractivity contribution >= 4 is 27.3 Å². The van der Waals surface area contributed by atoms with E-state index < -0.39 is 0 Å². The van der Waals surface area contributed by atoms with Gasteiger partial charge in [-0.1, -0.05) is 28.1 Å². The predicted molar refractivity (Wildman–Crippen MR) is 83.4 cm³/mol. The molecule has 2 aromatic rings. The predicted octanol–water partition coefficient (Wildman–Crippen LogP) is 4.63. The van der Waals surface area contributed by atoms with E-state index in [4.69, 9.17) is 0 Å². The molecule has 0 saturated heterocycles. The first-order chi connectivity index (χ1) is 8.60. The first kappa shape index (κ1) is 13.8. The van der Waals surface area contributed by atoms with Crippen LogP contribution in [0.15, 0.2) is 34.8 Å². The Labute approximate surface area is 121 Å². The summed E-state index contributed by atoms with van der Waals surface area (Å²) >= 11 is 5.37. The highest BCUT2D eigenvalue weighted by atomic mass is 79.9. The highest BCUT2D eigenvalue weighted by Gasteiger charge is 2.13. The summed E-state index contributed by atoms with van der Waals surface area (Å²) < 4.78 is 1.13. The Kier molecular flexibility index (Phi) is 4.60. The molecule has 18 heavy (non-hydrogen) atoms. The van der Waals surface area contributed by atoms with Gasteiger partial charge in [0.15, 0.2) is 0 Å². The van der Waals surface area contributed by atoms with Gasteiger partial charge >= 0.3 is 0 Å². The van der Waals surface area contributed by atoms with E-state index in [0.717, 1.165) is 10.9 Å². The van der Waals surface area contributed by atoms with Crippen LogP contribution in [0, 0.1) is 13.8 Å². The fraction of sp³-hybridized carbons (Fsp3) is 0.333. The van der Waals surface area contributed by atoms with Crippen molar-refractivity contribution < 1.29 is 0 Å². The standard InChI is InChI=1S/C15H18BrNS/c1-10-8-15(18-11(10)2)14(17-3)9-12-4-6-13(16)7-5-12/h4-8,14,17H,9H2,1-3H3. The second-order valence-corrected chi connectivity index (χ2v) is 6.76. The quantitative estimate of drug-likeness (QED) is 0.864. The lowest BCUT2D eigenvalue weighted by Gasteiger charge is -2.14. The number of aryl methyl sites for hydroxylation is 2. The molecule has 0 aliphatic carbocycles. The summed E-state index contributed by atoms with van der Waals surface area (Å²) in [6.45, 7) is 4.37. The van der Waals surface area contributed by atoms with Crippen molar-refractivity contribution in [1.29, 1.82) is 0 Å². The summed E-state index contributed by atoms with van der Waals surface area (Å²) in [5.74, 6) is 0. The Morgan fingerprint density at radius 1 is 1.22 bits per heavy atom. The SMILES string of the molecule is CNC(Cc1ccc(Br)cc1)c1cc(C)c(C)s1. The summed E-state index contributed by atoms with van der Waals surface area (Å²) in [7, 11) is 2.04. The Morgan fingerprint density at radius 2 is 1.89 bits per heavy atom. The van der Waals surface area contributed by atoms with Crippen LogP contribution in [0.5, 0.6) is 0 Å².